The molecule has 4 aromatic rings. The first kappa shape index (κ1) is 24.6. The number of nitrogens with zero attached hydrogens (tertiary/aromatic N) is 4. The smallest absolute Gasteiger partial charge is 0.416 e. The molecule has 0 spiro atoms. The molecule has 4 rings (SSSR count). The Bertz CT molecular complexity index is 1380. The first-order chi connectivity index (χ1) is 16.5. The molecule has 0 radical (unpaired) electrons. The number of halogens is 1. The summed E-state index contributed by atoms with van der Waals surface area (Å²) in [5.41, 5.74) is 1.82. The Morgan fingerprint density at radius 3 is 2.60 bits per heavy atom. The van der Waals surface area contributed by atoms with Gasteiger partial charge in [-0.15, -0.1) is 0 Å². The number of benzene rings is 2. The molecule has 182 valence electrons. The van der Waals surface area contributed by atoms with Crippen LogP contribution in [-0.4, -0.2) is 34.3 Å². The van der Waals surface area contributed by atoms with Crippen molar-refractivity contribution in [2.45, 2.75) is 45.5 Å². The summed E-state index contributed by atoms with van der Waals surface area (Å²) >= 11 is 0. The maximum Gasteiger partial charge on any atom is 0.416 e. The summed E-state index contributed by atoms with van der Waals surface area (Å²) in [4.78, 5) is 17.9. The molecule has 0 aliphatic carbocycles. The van der Waals surface area contributed by atoms with Gasteiger partial charge in [0.1, 0.15) is 5.69 Å². The van der Waals surface area contributed by atoms with Crippen LogP contribution in [0.3, 0.4) is 0 Å². The van der Waals surface area contributed by atoms with Crippen LogP contribution in [0.25, 0.3) is 16.6 Å². The number of fused-ring (bicyclic) bond motifs is 1. The average Bonchev–Trinajstić information content (AvgIpc) is 3.25. The number of para-hydroxylation sites is 2. The second kappa shape index (κ2) is 9.24. The van der Waals surface area contributed by atoms with Crippen molar-refractivity contribution in [1.29, 1.82) is 0 Å². The molecule has 0 bridgehead atoms. The summed E-state index contributed by atoms with van der Waals surface area (Å²) in [5.74, 6) is -0.597. The number of carboxylic acid groups (broad SMARTS) is 1. The number of rotatable bonds is 6. The molecule has 0 fully saturated rings. The molecule has 2 aromatic heterocycles. The van der Waals surface area contributed by atoms with Gasteiger partial charge >= 0.3 is 6.09 Å². The van der Waals surface area contributed by atoms with Gasteiger partial charge in [-0.05, 0) is 48.5 Å². The standard InChI is InChI=1S/C26H29FN4O3Si/c1-26(2,3)35(4,5)34-17-19-13-14-29-31(19)24-21(27)10-8-12-23(24)30(25(32)33)20-15-18-9-6-7-11-22(18)28-16-20/h6-16H,17H2,1-5H3,(H,32,33). The molecule has 0 aliphatic heterocycles. The van der Waals surface area contributed by atoms with Crippen LogP contribution in [0.2, 0.25) is 18.1 Å². The lowest BCUT2D eigenvalue weighted by Crippen LogP contribution is -2.40. The van der Waals surface area contributed by atoms with Crippen LogP contribution in [0, 0.1) is 5.82 Å². The molecule has 2 aromatic carbocycles. The summed E-state index contributed by atoms with van der Waals surface area (Å²) in [6, 6.07) is 15.2. The topological polar surface area (TPSA) is 80.5 Å². The van der Waals surface area contributed by atoms with E-state index in [0.29, 0.717) is 11.4 Å². The molecule has 9 heteroatoms. The van der Waals surface area contributed by atoms with Crippen molar-refractivity contribution < 1.29 is 18.7 Å². The van der Waals surface area contributed by atoms with Crippen LogP contribution < -0.4 is 4.90 Å². The number of anilines is 2. The second-order valence-electron chi connectivity index (χ2n) is 9.90. The molecule has 0 unspecified atom stereocenters. The molecule has 2 heterocycles. The van der Waals surface area contributed by atoms with Gasteiger partial charge in [-0.1, -0.05) is 45.0 Å². The third-order valence-electron chi connectivity index (χ3n) is 6.55. The zero-order valence-electron chi connectivity index (χ0n) is 20.5. The fourth-order valence-corrected chi connectivity index (χ4v) is 4.48. The summed E-state index contributed by atoms with van der Waals surface area (Å²) in [5, 5.41) is 15.3. The molecule has 7 nitrogen and oxygen atoms in total. The van der Waals surface area contributed by atoms with Crippen molar-refractivity contribution in [3.8, 4) is 5.69 Å². The fraction of sp³-hybridized carbons (Fsp3) is 0.269. The van der Waals surface area contributed by atoms with E-state index in [2.05, 4.69) is 43.9 Å². The minimum atomic E-state index is -2.08. The van der Waals surface area contributed by atoms with E-state index in [4.69, 9.17) is 4.43 Å². The van der Waals surface area contributed by atoms with Gasteiger partial charge in [0, 0.05) is 11.6 Å². The molecular weight excluding hydrogens is 463 g/mol. The van der Waals surface area contributed by atoms with Crippen molar-refractivity contribution in [2.75, 3.05) is 4.90 Å². The number of hydrogen-bond acceptors (Lipinski definition) is 4. The van der Waals surface area contributed by atoms with Crippen LogP contribution in [-0.2, 0) is 11.0 Å². The summed E-state index contributed by atoms with van der Waals surface area (Å²) < 4.78 is 23.1. The van der Waals surface area contributed by atoms with Crippen LogP contribution >= 0.6 is 0 Å². The lowest BCUT2D eigenvalue weighted by Gasteiger charge is -2.36. The average molecular weight is 493 g/mol. The zero-order chi connectivity index (χ0) is 25.4. The van der Waals surface area contributed by atoms with Crippen LogP contribution in [0.4, 0.5) is 20.6 Å². The van der Waals surface area contributed by atoms with Crippen molar-refractivity contribution in [3.63, 3.8) is 0 Å². The van der Waals surface area contributed by atoms with Gasteiger partial charge in [0.15, 0.2) is 14.1 Å². The Hall–Kier alpha value is -3.56. The predicted molar refractivity (Wildman–Crippen MR) is 137 cm³/mol. The minimum absolute atomic E-state index is 0.00417. The Morgan fingerprint density at radius 1 is 1.14 bits per heavy atom. The fourth-order valence-electron chi connectivity index (χ4n) is 3.54. The molecule has 35 heavy (non-hydrogen) atoms. The Kier molecular flexibility index (Phi) is 6.48. The summed E-state index contributed by atoms with van der Waals surface area (Å²) in [6.45, 7) is 11.0. The highest BCUT2D eigenvalue weighted by Crippen LogP contribution is 2.38. The summed E-state index contributed by atoms with van der Waals surface area (Å²) in [7, 11) is -2.08. The van der Waals surface area contributed by atoms with Crippen molar-refractivity contribution in [2.24, 2.45) is 0 Å². The Morgan fingerprint density at radius 2 is 1.89 bits per heavy atom. The minimum Gasteiger partial charge on any atom is -0.464 e. The van der Waals surface area contributed by atoms with Gasteiger partial charge in [-0.2, -0.15) is 5.10 Å². The van der Waals surface area contributed by atoms with E-state index in [1.165, 1.54) is 23.0 Å². The van der Waals surface area contributed by atoms with E-state index in [9.17, 15) is 9.90 Å². The quantitative estimate of drug-likeness (QED) is 0.296. The SMILES string of the molecule is CC(C)(C)[Si](C)(C)OCc1ccnn1-c1c(F)cccc1N(C(=O)O)c1cnc2ccccc2c1. The van der Waals surface area contributed by atoms with E-state index in [1.807, 2.05) is 24.3 Å². The number of aromatic nitrogens is 3. The molecular formula is C26H29FN4O3Si. The first-order valence-corrected chi connectivity index (χ1v) is 14.2. The van der Waals surface area contributed by atoms with Gasteiger partial charge in [-0.3, -0.25) is 4.98 Å². The van der Waals surface area contributed by atoms with Crippen molar-refractivity contribution >= 4 is 36.7 Å². The van der Waals surface area contributed by atoms with E-state index < -0.39 is 20.2 Å². The summed E-state index contributed by atoms with van der Waals surface area (Å²) in [6.07, 6.45) is 1.76. The number of amides is 1. The van der Waals surface area contributed by atoms with Gasteiger partial charge in [-0.25, -0.2) is 18.8 Å². The van der Waals surface area contributed by atoms with Gasteiger partial charge in [0.25, 0.3) is 0 Å². The third-order valence-corrected chi connectivity index (χ3v) is 11.0. The molecule has 0 atom stereocenters. The van der Waals surface area contributed by atoms with Crippen LogP contribution in [0.15, 0.2) is 67.0 Å². The second-order valence-corrected chi connectivity index (χ2v) is 14.7. The third kappa shape index (κ3) is 4.82. The van der Waals surface area contributed by atoms with Crippen LogP contribution in [0.1, 0.15) is 26.5 Å². The highest BCUT2D eigenvalue weighted by molar-refractivity contribution is 6.74. The van der Waals surface area contributed by atoms with E-state index in [1.54, 1.807) is 24.4 Å². The lowest BCUT2D eigenvalue weighted by molar-refractivity contribution is 0.204. The van der Waals surface area contributed by atoms with E-state index in [0.717, 1.165) is 15.8 Å². The maximum atomic E-state index is 15.3. The Labute approximate surface area is 204 Å². The lowest BCUT2D eigenvalue weighted by atomic mass is 10.1. The number of hydrogen-bond donors (Lipinski definition) is 1. The van der Waals surface area contributed by atoms with Crippen molar-refractivity contribution in [1.82, 2.24) is 14.8 Å². The molecule has 0 aliphatic rings. The number of carbonyl (C=O) groups is 1. The van der Waals surface area contributed by atoms with E-state index >= 15 is 4.39 Å². The molecule has 1 amide bonds. The maximum absolute atomic E-state index is 15.3. The van der Waals surface area contributed by atoms with Gasteiger partial charge in [0.05, 0.1) is 35.4 Å². The number of pyridine rings is 1. The van der Waals surface area contributed by atoms with Gasteiger partial charge < -0.3 is 9.53 Å². The molecule has 0 saturated heterocycles. The first-order valence-electron chi connectivity index (χ1n) is 11.3. The zero-order valence-corrected chi connectivity index (χ0v) is 21.5. The molecule has 0 saturated carbocycles. The predicted octanol–water partition coefficient (Wildman–Crippen LogP) is 6.90. The largest absolute Gasteiger partial charge is 0.464 e. The highest BCUT2D eigenvalue weighted by Gasteiger charge is 2.37. The van der Waals surface area contributed by atoms with Crippen molar-refractivity contribution in [3.05, 3.63) is 78.5 Å². The monoisotopic (exact) mass is 492 g/mol. The van der Waals surface area contributed by atoms with Gasteiger partial charge in [0.2, 0.25) is 0 Å². The normalized spacial score (nSPS) is 12.2. The molecule has 1 N–H and O–H groups in total. The van der Waals surface area contributed by atoms with Crippen LogP contribution in [0.5, 0.6) is 0 Å². The highest BCUT2D eigenvalue weighted by atomic mass is 28.4. The Balaban J connectivity index is 1.79. The van der Waals surface area contributed by atoms with E-state index in [-0.39, 0.29) is 23.0 Å².